The second-order valence-corrected chi connectivity index (χ2v) is 3.93. The zero-order valence-corrected chi connectivity index (χ0v) is 9.17. The van der Waals surface area contributed by atoms with Crippen LogP contribution in [0.2, 0.25) is 0 Å². The quantitative estimate of drug-likeness (QED) is 0.681. The Balaban J connectivity index is 2.27. The molecule has 0 aliphatic rings. The molecule has 0 aliphatic heterocycles. The van der Waals surface area contributed by atoms with E-state index in [1.807, 2.05) is 30.3 Å². The van der Waals surface area contributed by atoms with Crippen molar-refractivity contribution in [1.82, 2.24) is 4.98 Å². The average molecular weight is 221 g/mol. The van der Waals surface area contributed by atoms with Crippen LogP contribution in [0.4, 0.5) is 0 Å². The van der Waals surface area contributed by atoms with Gasteiger partial charge in [-0.1, -0.05) is 42.5 Å². The van der Waals surface area contributed by atoms with Gasteiger partial charge in [-0.25, -0.2) is 0 Å². The van der Waals surface area contributed by atoms with Gasteiger partial charge in [-0.2, -0.15) is 0 Å². The number of hydrogen-bond acceptors (Lipinski definition) is 2. The number of benzene rings is 2. The molecule has 0 fully saturated rings. The Bertz CT molecular complexity index is 654. The average Bonchev–Trinajstić information content (AvgIpc) is 2.39. The zero-order valence-electron chi connectivity index (χ0n) is 9.17. The summed E-state index contributed by atoms with van der Waals surface area (Å²) in [6.07, 6.45) is 1.47. The van der Waals surface area contributed by atoms with Crippen molar-refractivity contribution in [2.24, 2.45) is 0 Å². The van der Waals surface area contributed by atoms with Gasteiger partial charge in [0.25, 0.3) is 0 Å². The van der Waals surface area contributed by atoms with Gasteiger partial charge in [-0.05, 0) is 22.9 Å². The first-order valence-electron chi connectivity index (χ1n) is 5.48. The van der Waals surface area contributed by atoms with Gasteiger partial charge in [0.1, 0.15) is 5.75 Å². The number of pyridine rings is 1. The molecule has 0 aliphatic carbocycles. The van der Waals surface area contributed by atoms with Crippen LogP contribution in [0.15, 0.2) is 60.8 Å². The van der Waals surface area contributed by atoms with Crippen LogP contribution in [-0.2, 0) is 0 Å². The minimum absolute atomic E-state index is 0.189. The summed E-state index contributed by atoms with van der Waals surface area (Å²) in [4.78, 5) is 4.25. The molecule has 0 saturated heterocycles. The van der Waals surface area contributed by atoms with E-state index in [4.69, 9.17) is 0 Å². The zero-order chi connectivity index (χ0) is 11.7. The van der Waals surface area contributed by atoms with Crippen LogP contribution in [0.25, 0.3) is 22.0 Å². The molecule has 1 N–H and O–H groups in total. The maximum Gasteiger partial charge on any atom is 0.133 e. The van der Waals surface area contributed by atoms with Gasteiger partial charge in [0.15, 0.2) is 0 Å². The number of nitrogens with zero attached hydrogens (tertiary/aromatic N) is 1. The molecular weight excluding hydrogens is 210 g/mol. The largest absolute Gasteiger partial charge is 0.506 e. The summed E-state index contributed by atoms with van der Waals surface area (Å²) in [6.45, 7) is 0. The number of aromatic hydroxyl groups is 1. The molecule has 82 valence electrons. The first-order chi connectivity index (χ1) is 8.34. The molecular formula is C15H11NO. The number of rotatable bonds is 1. The summed E-state index contributed by atoms with van der Waals surface area (Å²) in [5, 5.41) is 11.6. The van der Waals surface area contributed by atoms with Crippen molar-refractivity contribution in [1.29, 1.82) is 0 Å². The lowest BCUT2D eigenvalue weighted by Crippen LogP contribution is -1.84. The van der Waals surface area contributed by atoms with Crippen LogP contribution in [0, 0.1) is 0 Å². The number of fused-ring (bicyclic) bond motifs is 1. The molecule has 1 heterocycles. The van der Waals surface area contributed by atoms with Gasteiger partial charge >= 0.3 is 0 Å². The maximum atomic E-state index is 9.25. The second kappa shape index (κ2) is 3.91. The van der Waals surface area contributed by atoms with Crippen molar-refractivity contribution in [3.8, 4) is 17.0 Å². The van der Waals surface area contributed by atoms with E-state index in [9.17, 15) is 5.11 Å². The van der Waals surface area contributed by atoms with Crippen LogP contribution in [-0.4, -0.2) is 10.1 Å². The van der Waals surface area contributed by atoms with Crippen LogP contribution in [0.3, 0.4) is 0 Å². The van der Waals surface area contributed by atoms with Gasteiger partial charge in [-0.3, -0.25) is 4.98 Å². The van der Waals surface area contributed by atoms with Crippen LogP contribution < -0.4 is 0 Å². The normalized spacial score (nSPS) is 10.6. The Labute approximate surface area is 99.2 Å². The summed E-state index contributed by atoms with van der Waals surface area (Å²) in [5.74, 6) is 0.189. The fourth-order valence-corrected chi connectivity index (χ4v) is 1.99. The minimum atomic E-state index is 0.189. The monoisotopic (exact) mass is 221 g/mol. The Kier molecular flexibility index (Phi) is 2.26. The number of hydrogen-bond donors (Lipinski definition) is 1. The Morgan fingerprint density at radius 1 is 0.824 bits per heavy atom. The SMILES string of the molecule is Oc1ccc(-c2cccc3ccccc23)nc1. The minimum Gasteiger partial charge on any atom is -0.506 e. The van der Waals surface area contributed by atoms with Gasteiger partial charge in [0.2, 0.25) is 0 Å². The molecule has 0 atom stereocenters. The molecule has 3 rings (SSSR count). The van der Waals surface area contributed by atoms with Crippen molar-refractivity contribution < 1.29 is 5.11 Å². The van der Waals surface area contributed by atoms with E-state index in [-0.39, 0.29) is 5.75 Å². The van der Waals surface area contributed by atoms with Crippen molar-refractivity contribution >= 4 is 10.8 Å². The maximum absolute atomic E-state index is 9.25. The Morgan fingerprint density at radius 3 is 2.47 bits per heavy atom. The topological polar surface area (TPSA) is 33.1 Å². The first kappa shape index (κ1) is 9.85. The molecule has 0 amide bonds. The molecule has 0 radical (unpaired) electrons. The molecule has 2 nitrogen and oxygen atoms in total. The highest BCUT2D eigenvalue weighted by Gasteiger charge is 2.03. The van der Waals surface area contributed by atoms with Gasteiger partial charge < -0.3 is 5.11 Å². The third-order valence-electron chi connectivity index (χ3n) is 2.81. The predicted octanol–water partition coefficient (Wildman–Crippen LogP) is 3.61. The molecule has 2 heteroatoms. The van der Waals surface area contributed by atoms with Crippen molar-refractivity contribution in [2.75, 3.05) is 0 Å². The van der Waals surface area contributed by atoms with Gasteiger partial charge in [0, 0.05) is 5.56 Å². The van der Waals surface area contributed by atoms with Crippen molar-refractivity contribution in [3.05, 3.63) is 60.8 Å². The molecule has 17 heavy (non-hydrogen) atoms. The van der Waals surface area contributed by atoms with Crippen molar-refractivity contribution in [3.63, 3.8) is 0 Å². The van der Waals surface area contributed by atoms with E-state index in [1.54, 1.807) is 6.07 Å². The molecule has 0 saturated carbocycles. The first-order valence-corrected chi connectivity index (χ1v) is 5.48. The Hall–Kier alpha value is -2.35. The Morgan fingerprint density at radius 2 is 1.65 bits per heavy atom. The summed E-state index contributed by atoms with van der Waals surface area (Å²) < 4.78 is 0. The van der Waals surface area contributed by atoms with Crippen LogP contribution in [0.5, 0.6) is 5.75 Å². The third kappa shape index (κ3) is 1.74. The smallest absolute Gasteiger partial charge is 0.133 e. The van der Waals surface area contributed by atoms with E-state index in [1.165, 1.54) is 17.0 Å². The molecule has 3 aromatic rings. The van der Waals surface area contributed by atoms with E-state index in [2.05, 4.69) is 23.2 Å². The summed E-state index contributed by atoms with van der Waals surface area (Å²) in [6, 6.07) is 17.8. The molecule has 0 bridgehead atoms. The molecule has 0 unspecified atom stereocenters. The lowest BCUT2D eigenvalue weighted by molar-refractivity contribution is 0.473. The van der Waals surface area contributed by atoms with Gasteiger partial charge in [0.05, 0.1) is 11.9 Å². The predicted molar refractivity (Wildman–Crippen MR) is 68.8 cm³/mol. The molecule has 0 spiro atoms. The van der Waals surface area contributed by atoms with Crippen molar-refractivity contribution in [2.45, 2.75) is 0 Å². The highest BCUT2D eigenvalue weighted by molar-refractivity contribution is 5.95. The molecule has 1 aromatic heterocycles. The summed E-state index contributed by atoms with van der Waals surface area (Å²) >= 11 is 0. The van der Waals surface area contributed by atoms with Gasteiger partial charge in [-0.15, -0.1) is 0 Å². The van der Waals surface area contributed by atoms with E-state index in [0.717, 1.165) is 11.3 Å². The fourth-order valence-electron chi connectivity index (χ4n) is 1.99. The fraction of sp³-hybridized carbons (Fsp3) is 0. The van der Waals surface area contributed by atoms with Crippen LogP contribution >= 0.6 is 0 Å². The second-order valence-electron chi connectivity index (χ2n) is 3.93. The van der Waals surface area contributed by atoms with E-state index >= 15 is 0 Å². The lowest BCUT2D eigenvalue weighted by atomic mass is 10.0. The summed E-state index contributed by atoms with van der Waals surface area (Å²) in [5.41, 5.74) is 1.96. The highest BCUT2D eigenvalue weighted by Crippen LogP contribution is 2.27. The third-order valence-corrected chi connectivity index (χ3v) is 2.81. The summed E-state index contributed by atoms with van der Waals surface area (Å²) in [7, 11) is 0. The van der Waals surface area contributed by atoms with E-state index < -0.39 is 0 Å². The van der Waals surface area contributed by atoms with E-state index in [0.29, 0.717) is 0 Å². The number of aromatic nitrogens is 1. The highest BCUT2D eigenvalue weighted by atomic mass is 16.3. The standard InChI is InChI=1S/C15H11NO/c17-12-8-9-15(16-10-12)14-7-3-5-11-4-1-2-6-13(11)14/h1-10,17H. The van der Waals surface area contributed by atoms with Crippen LogP contribution in [0.1, 0.15) is 0 Å². The lowest BCUT2D eigenvalue weighted by Gasteiger charge is -2.05. The molecule has 2 aromatic carbocycles.